The summed E-state index contributed by atoms with van der Waals surface area (Å²) in [7, 11) is 4.69. The van der Waals surface area contributed by atoms with E-state index in [-0.39, 0.29) is 30.2 Å². The zero-order chi connectivity index (χ0) is 33.6. The van der Waals surface area contributed by atoms with E-state index in [1.807, 2.05) is 77.5 Å². The smallest absolute Gasteiger partial charge is 0.253 e. The Bertz CT molecular complexity index is 1940. The van der Waals surface area contributed by atoms with Crippen LogP contribution in [0.1, 0.15) is 44.6 Å². The maximum atomic E-state index is 13.9. The third-order valence-electron chi connectivity index (χ3n) is 7.81. The number of benzene rings is 3. The number of hydrogen-bond donors (Lipinski definition) is 1. The van der Waals surface area contributed by atoms with Crippen LogP contribution < -0.4 is 19.5 Å². The molecular formula is C35H34N6O5S2. The molecule has 6 rings (SSSR count). The average molecular weight is 683 g/mol. The normalized spacial score (nSPS) is 14.0. The molecule has 13 heteroatoms. The van der Waals surface area contributed by atoms with Gasteiger partial charge < -0.3 is 19.5 Å². The Morgan fingerprint density at radius 2 is 1.75 bits per heavy atom. The summed E-state index contributed by atoms with van der Waals surface area (Å²) in [6.07, 6.45) is 0.604. The van der Waals surface area contributed by atoms with E-state index >= 15 is 0 Å². The fourth-order valence-corrected chi connectivity index (χ4v) is 6.93. The van der Waals surface area contributed by atoms with E-state index in [1.165, 1.54) is 18.9 Å². The topological polar surface area (TPSA) is 120 Å². The Balaban J connectivity index is 1.23. The van der Waals surface area contributed by atoms with E-state index in [0.717, 1.165) is 33.2 Å². The van der Waals surface area contributed by atoms with Crippen LogP contribution in [0.25, 0.3) is 5.69 Å². The van der Waals surface area contributed by atoms with Crippen molar-refractivity contribution in [2.45, 2.75) is 31.1 Å². The molecule has 1 aliphatic heterocycles. The minimum atomic E-state index is -0.308. The first-order valence-corrected chi connectivity index (χ1v) is 17.0. The van der Waals surface area contributed by atoms with Crippen LogP contribution in [0.15, 0.2) is 94.5 Å². The Morgan fingerprint density at radius 3 is 2.46 bits per heavy atom. The van der Waals surface area contributed by atoms with E-state index in [9.17, 15) is 9.59 Å². The number of nitrogens with one attached hydrogen (secondary N) is 1. The largest absolute Gasteiger partial charge is 0.497 e. The number of methoxy groups -OCH3 is 3. The van der Waals surface area contributed by atoms with Gasteiger partial charge in [-0.3, -0.25) is 14.2 Å². The lowest BCUT2D eigenvalue weighted by Gasteiger charge is -2.22. The van der Waals surface area contributed by atoms with E-state index in [1.54, 1.807) is 48.8 Å². The van der Waals surface area contributed by atoms with Crippen molar-refractivity contribution in [3.63, 3.8) is 0 Å². The number of thioether (sulfide) groups is 1. The molecule has 0 spiro atoms. The van der Waals surface area contributed by atoms with Crippen LogP contribution in [0, 0.1) is 6.92 Å². The van der Waals surface area contributed by atoms with Crippen molar-refractivity contribution in [1.29, 1.82) is 0 Å². The fraction of sp³-hybridized carbons (Fsp3) is 0.229. The number of aromatic nitrogens is 3. The molecule has 1 N–H and O–H groups in total. The van der Waals surface area contributed by atoms with E-state index < -0.39 is 0 Å². The molecule has 0 saturated carbocycles. The number of nitrogens with zero attached hydrogens (tertiary/aromatic N) is 5. The standard InChI is InChI=1S/C35H34N6O5S2/c1-22-7-5-8-25(17-22)40-32(20-36-34(43)24-12-15-29(45-3)30(18-24)46-4)37-38-35(40)48-21-33(42)41-28(23-10-13-26(44-2)14-11-23)19-27(39-41)31-9-6-16-47-31/h5-18,28H,19-21H2,1-4H3,(H,36,43). The fourth-order valence-electron chi connectivity index (χ4n) is 5.38. The predicted molar refractivity (Wildman–Crippen MR) is 186 cm³/mol. The minimum absolute atomic E-state index is 0.0792. The molecule has 2 amide bonds. The lowest BCUT2D eigenvalue weighted by atomic mass is 10.0. The van der Waals surface area contributed by atoms with Crippen LogP contribution in [0.2, 0.25) is 0 Å². The zero-order valence-corrected chi connectivity index (χ0v) is 28.5. The Labute approximate surface area is 286 Å². The molecule has 0 aliphatic carbocycles. The minimum Gasteiger partial charge on any atom is -0.497 e. The number of rotatable bonds is 12. The van der Waals surface area contributed by atoms with Crippen LogP contribution in [0.5, 0.6) is 17.2 Å². The van der Waals surface area contributed by atoms with Crippen LogP contribution in [-0.4, -0.2) is 64.4 Å². The molecule has 3 aromatic carbocycles. The highest BCUT2D eigenvalue weighted by Gasteiger charge is 2.34. The number of ether oxygens (including phenoxy) is 3. The highest BCUT2D eigenvalue weighted by Crippen LogP contribution is 2.35. The number of thiophene rings is 1. The maximum absolute atomic E-state index is 13.9. The summed E-state index contributed by atoms with van der Waals surface area (Å²) in [5, 5.41) is 20.7. The summed E-state index contributed by atoms with van der Waals surface area (Å²) in [5.41, 5.74) is 4.12. The number of aryl methyl sites for hydroxylation is 1. The molecule has 3 heterocycles. The van der Waals surface area contributed by atoms with Crippen LogP contribution >= 0.6 is 23.1 Å². The molecule has 1 atom stereocenters. The number of amides is 2. The summed E-state index contributed by atoms with van der Waals surface area (Å²) in [4.78, 5) is 28.0. The second-order valence-corrected chi connectivity index (χ2v) is 12.8. The van der Waals surface area contributed by atoms with Crippen LogP contribution in [0.4, 0.5) is 0 Å². The van der Waals surface area contributed by atoms with Gasteiger partial charge in [0.25, 0.3) is 11.8 Å². The molecule has 11 nitrogen and oxygen atoms in total. The summed E-state index contributed by atoms with van der Waals surface area (Å²) in [6.45, 7) is 2.10. The van der Waals surface area contributed by atoms with Crippen molar-refractivity contribution in [1.82, 2.24) is 25.1 Å². The van der Waals surface area contributed by atoms with Crippen molar-refractivity contribution in [2.24, 2.45) is 5.10 Å². The molecule has 0 radical (unpaired) electrons. The van der Waals surface area contributed by atoms with Gasteiger partial charge >= 0.3 is 0 Å². The summed E-state index contributed by atoms with van der Waals surface area (Å²) < 4.78 is 17.9. The molecule has 5 aromatic rings. The van der Waals surface area contributed by atoms with Gasteiger partial charge in [-0.15, -0.1) is 21.5 Å². The summed E-state index contributed by atoms with van der Waals surface area (Å²) in [5.74, 6) is 1.86. The third kappa shape index (κ3) is 7.06. The monoisotopic (exact) mass is 682 g/mol. The molecule has 0 saturated heterocycles. The maximum Gasteiger partial charge on any atom is 0.253 e. The first-order valence-electron chi connectivity index (χ1n) is 15.1. The summed E-state index contributed by atoms with van der Waals surface area (Å²) >= 11 is 2.88. The molecule has 1 unspecified atom stereocenters. The molecule has 0 bridgehead atoms. The van der Waals surface area contributed by atoms with Gasteiger partial charge in [0.05, 0.1) is 50.3 Å². The van der Waals surface area contributed by atoms with E-state index in [4.69, 9.17) is 19.3 Å². The molecule has 1 aliphatic rings. The van der Waals surface area contributed by atoms with E-state index in [2.05, 4.69) is 15.5 Å². The van der Waals surface area contributed by atoms with Gasteiger partial charge in [-0.05, 0) is 72.0 Å². The lowest BCUT2D eigenvalue weighted by molar-refractivity contribution is -0.130. The van der Waals surface area contributed by atoms with Gasteiger partial charge in [0.1, 0.15) is 5.75 Å². The van der Waals surface area contributed by atoms with Gasteiger partial charge in [-0.1, -0.05) is 42.1 Å². The quantitative estimate of drug-likeness (QED) is 0.158. The van der Waals surface area contributed by atoms with Crippen LogP contribution in [0.3, 0.4) is 0 Å². The van der Waals surface area contributed by atoms with Gasteiger partial charge in [-0.25, -0.2) is 5.01 Å². The number of carbonyl (C=O) groups is 2. The molecular weight excluding hydrogens is 649 g/mol. The van der Waals surface area contributed by atoms with Crippen molar-refractivity contribution in [2.75, 3.05) is 27.1 Å². The van der Waals surface area contributed by atoms with Crippen molar-refractivity contribution >= 4 is 40.6 Å². The zero-order valence-electron chi connectivity index (χ0n) is 26.9. The van der Waals surface area contributed by atoms with Gasteiger partial charge in [0, 0.05) is 17.7 Å². The first kappa shape index (κ1) is 32.8. The second kappa shape index (κ2) is 14.7. The molecule has 48 heavy (non-hydrogen) atoms. The molecule has 0 fully saturated rings. The summed E-state index contributed by atoms with van der Waals surface area (Å²) in [6, 6.07) is 24.4. The number of hydrogen-bond acceptors (Lipinski definition) is 10. The van der Waals surface area contributed by atoms with Crippen molar-refractivity contribution in [3.05, 3.63) is 112 Å². The van der Waals surface area contributed by atoms with Crippen LogP contribution in [-0.2, 0) is 11.3 Å². The molecule has 2 aromatic heterocycles. The Hall–Kier alpha value is -5.14. The van der Waals surface area contributed by atoms with Gasteiger partial charge in [0.15, 0.2) is 22.5 Å². The van der Waals surface area contributed by atoms with Crippen molar-refractivity contribution in [3.8, 4) is 22.9 Å². The highest BCUT2D eigenvalue weighted by molar-refractivity contribution is 7.99. The lowest BCUT2D eigenvalue weighted by Crippen LogP contribution is -2.28. The van der Waals surface area contributed by atoms with E-state index in [0.29, 0.717) is 34.5 Å². The Morgan fingerprint density at radius 1 is 0.938 bits per heavy atom. The highest BCUT2D eigenvalue weighted by atomic mass is 32.2. The Kier molecular flexibility index (Phi) is 10.1. The second-order valence-electron chi connectivity index (χ2n) is 10.9. The first-order chi connectivity index (χ1) is 23.4. The SMILES string of the molecule is COc1ccc(C2CC(c3cccs3)=NN2C(=O)CSc2nnc(CNC(=O)c3ccc(OC)c(OC)c3)n2-c2cccc(C)c2)cc1. The van der Waals surface area contributed by atoms with Gasteiger partial charge in [-0.2, -0.15) is 5.10 Å². The van der Waals surface area contributed by atoms with Crippen molar-refractivity contribution < 1.29 is 23.8 Å². The molecule has 246 valence electrons. The third-order valence-corrected chi connectivity index (χ3v) is 9.64. The average Bonchev–Trinajstić information content (AvgIpc) is 3.90. The predicted octanol–water partition coefficient (Wildman–Crippen LogP) is 6.06. The number of carbonyl (C=O) groups excluding carboxylic acids is 2. The number of hydrazone groups is 1. The van der Waals surface area contributed by atoms with Gasteiger partial charge in [0.2, 0.25) is 0 Å².